The van der Waals surface area contributed by atoms with Gasteiger partial charge >= 0.3 is 0 Å². The van der Waals surface area contributed by atoms with Crippen LogP contribution in [0.5, 0.6) is 5.75 Å². The second kappa shape index (κ2) is 7.49. The average molecular weight is 305 g/mol. The number of benzene rings is 1. The number of nitrogens with zero attached hydrogens (tertiary/aromatic N) is 2. The minimum absolute atomic E-state index is 0.0313. The number of piperazine rings is 1. The fourth-order valence-corrected chi connectivity index (χ4v) is 2.63. The van der Waals surface area contributed by atoms with Gasteiger partial charge in [-0.15, -0.1) is 0 Å². The summed E-state index contributed by atoms with van der Waals surface area (Å²) in [4.78, 5) is 16.7. The summed E-state index contributed by atoms with van der Waals surface area (Å²) < 4.78 is 5.37. The highest BCUT2D eigenvalue weighted by molar-refractivity contribution is 5.93. The molecule has 1 heterocycles. The quantitative estimate of drug-likeness (QED) is 0.907. The van der Waals surface area contributed by atoms with Gasteiger partial charge in [-0.05, 0) is 31.2 Å². The number of carbonyl (C=O) groups excluding carboxylic acids is 1. The van der Waals surface area contributed by atoms with Crippen LogP contribution in [0.15, 0.2) is 18.2 Å². The van der Waals surface area contributed by atoms with Crippen LogP contribution in [0.3, 0.4) is 0 Å². The summed E-state index contributed by atoms with van der Waals surface area (Å²) in [6, 6.07) is 6.00. The van der Waals surface area contributed by atoms with Gasteiger partial charge in [0.15, 0.2) is 0 Å². The molecule has 0 bridgehead atoms. The van der Waals surface area contributed by atoms with E-state index in [1.54, 1.807) is 7.11 Å². The van der Waals surface area contributed by atoms with Gasteiger partial charge in [-0.3, -0.25) is 4.79 Å². The van der Waals surface area contributed by atoms with Crippen LogP contribution in [0, 0.1) is 5.92 Å². The van der Waals surface area contributed by atoms with E-state index in [-0.39, 0.29) is 5.91 Å². The van der Waals surface area contributed by atoms with Crippen LogP contribution in [0.4, 0.5) is 11.4 Å². The maximum absolute atomic E-state index is 12.0. The third kappa shape index (κ3) is 4.37. The van der Waals surface area contributed by atoms with Gasteiger partial charge in [0.2, 0.25) is 5.91 Å². The Morgan fingerprint density at radius 2 is 1.95 bits per heavy atom. The summed E-state index contributed by atoms with van der Waals surface area (Å²) in [6.45, 7) is 8.20. The van der Waals surface area contributed by atoms with Crippen LogP contribution in [-0.4, -0.2) is 51.1 Å². The maximum atomic E-state index is 12.0. The van der Waals surface area contributed by atoms with E-state index in [0.717, 1.165) is 37.6 Å². The first kappa shape index (κ1) is 16.6. The second-order valence-corrected chi connectivity index (χ2v) is 6.32. The van der Waals surface area contributed by atoms with Crippen LogP contribution >= 0.6 is 0 Å². The molecule has 5 heteroatoms. The molecule has 1 saturated heterocycles. The lowest BCUT2D eigenvalue weighted by atomic mass is 10.1. The molecule has 2 rings (SSSR count). The average Bonchev–Trinajstić information content (AvgIpc) is 2.47. The molecule has 1 fully saturated rings. The van der Waals surface area contributed by atoms with E-state index in [1.807, 2.05) is 26.0 Å². The molecule has 0 radical (unpaired) electrons. The third-order valence-electron chi connectivity index (χ3n) is 3.92. The molecule has 0 saturated carbocycles. The maximum Gasteiger partial charge on any atom is 0.224 e. The second-order valence-electron chi connectivity index (χ2n) is 6.32. The SMILES string of the molecule is COc1ccc(N2CCN(C)CC2)cc1NC(=O)CC(C)C. The number of amides is 1. The number of hydrogen-bond donors (Lipinski definition) is 1. The van der Waals surface area contributed by atoms with Crippen molar-refractivity contribution >= 4 is 17.3 Å². The Morgan fingerprint density at radius 1 is 1.27 bits per heavy atom. The van der Waals surface area contributed by atoms with E-state index in [0.29, 0.717) is 18.1 Å². The summed E-state index contributed by atoms with van der Waals surface area (Å²) in [5, 5.41) is 2.98. The van der Waals surface area contributed by atoms with Crippen molar-refractivity contribution in [2.45, 2.75) is 20.3 Å². The summed E-state index contributed by atoms with van der Waals surface area (Å²) in [5.41, 5.74) is 1.89. The largest absolute Gasteiger partial charge is 0.495 e. The van der Waals surface area contributed by atoms with Crippen LogP contribution < -0.4 is 15.0 Å². The first-order chi connectivity index (χ1) is 10.5. The Balaban J connectivity index is 2.13. The molecule has 0 aliphatic carbocycles. The zero-order chi connectivity index (χ0) is 16.1. The molecule has 5 nitrogen and oxygen atoms in total. The Hall–Kier alpha value is -1.75. The molecule has 1 aromatic rings. The Kier molecular flexibility index (Phi) is 5.66. The van der Waals surface area contributed by atoms with Gasteiger partial charge in [-0.1, -0.05) is 13.8 Å². The first-order valence-corrected chi connectivity index (χ1v) is 7.91. The minimum Gasteiger partial charge on any atom is -0.495 e. The van der Waals surface area contributed by atoms with E-state index < -0.39 is 0 Å². The van der Waals surface area contributed by atoms with Crippen molar-refractivity contribution in [2.24, 2.45) is 5.92 Å². The van der Waals surface area contributed by atoms with E-state index in [4.69, 9.17) is 4.74 Å². The highest BCUT2D eigenvalue weighted by Crippen LogP contribution is 2.30. The molecule has 1 aliphatic heterocycles. The first-order valence-electron chi connectivity index (χ1n) is 7.91. The third-order valence-corrected chi connectivity index (χ3v) is 3.92. The Bertz CT molecular complexity index is 509. The predicted octanol–water partition coefficient (Wildman–Crippen LogP) is 2.43. The number of hydrogen-bond acceptors (Lipinski definition) is 4. The van der Waals surface area contributed by atoms with Crippen LogP contribution in [-0.2, 0) is 4.79 Å². The molecular formula is C17H27N3O2. The molecule has 0 unspecified atom stereocenters. The van der Waals surface area contributed by atoms with Gasteiger partial charge in [0.05, 0.1) is 12.8 Å². The van der Waals surface area contributed by atoms with Crippen molar-refractivity contribution in [3.8, 4) is 5.75 Å². The molecule has 0 spiro atoms. The van der Waals surface area contributed by atoms with E-state index >= 15 is 0 Å². The molecule has 1 amide bonds. The highest BCUT2D eigenvalue weighted by atomic mass is 16.5. The van der Waals surface area contributed by atoms with Gasteiger partial charge in [0.1, 0.15) is 5.75 Å². The lowest BCUT2D eigenvalue weighted by Gasteiger charge is -2.34. The predicted molar refractivity (Wildman–Crippen MR) is 90.8 cm³/mol. The molecule has 22 heavy (non-hydrogen) atoms. The molecular weight excluding hydrogens is 278 g/mol. The summed E-state index contributed by atoms with van der Waals surface area (Å²) in [5.74, 6) is 1.07. The smallest absolute Gasteiger partial charge is 0.224 e. The zero-order valence-electron chi connectivity index (χ0n) is 14.1. The van der Waals surface area contributed by atoms with Gasteiger partial charge in [0.25, 0.3) is 0 Å². The number of likely N-dealkylation sites (N-methyl/N-ethyl adjacent to an activating group) is 1. The fourth-order valence-electron chi connectivity index (χ4n) is 2.63. The molecule has 0 atom stereocenters. The lowest BCUT2D eigenvalue weighted by Crippen LogP contribution is -2.44. The van der Waals surface area contributed by atoms with Crippen molar-refractivity contribution < 1.29 is 9.53 Å². The monoisotopic (exact) mass is 305 g/mol. The topological polar surface area (TPSA) is 44.8 Å². The number of rotatable bonds is 5. The van der Waals surface area contributed by atoms with Crippen molar-refractivity contribution in [3.05, 3.63) is 18.2 Å². The molecule has 1 aliphatic rings. The number of anilines is 2. The molecule has 1 N–H and O–H groups in total. The Morgan fingerprint density at radius 3 is 2.55 bits per heavy atom. The van der Waals surface area contributed by atoms with E-state index in [9.17, 15) is 4.79 Å². The number of methoxy groups -OCH3 is 1. The minimum atomic E-state index is 0.0313. The number of nitrogens with one attached hydrogen (secondary N) is 1. The summed E-state index contributed by atoms with van der Waals surface area (Å²) >= 11 is 0. The fraction of sp³-hybridized carbons (Fsp3) is 0.588. The number of carbonyl (C=O) groups is 1. The lowest BCUT2D eigenvalue weighted by molar-refractivity contribution is -0.116. The highest BCUT2D eigenvalue weighted by Gasteiger charge is 2.16. The van der Waals surface area contributed by atoms with Crippen molar-refractivity contribution in [3.63, 3.8) is 0 Å². The van der Waals surface area contributed by atoms with Crippen molar-refractivity contribution in [2.75, 3.05) is 50.6 Å². The van der Waals surface area contributed by atoms with Gasteiger partial charge < -0.3 is 19.9 Å². The van der Waals surface area contributed by atoms with E-state index in [1.165, 1.54) is 0 Å². The van der Waals surface area contributed by atoms with Crippen molar-refractivity contribution in [1.82, 2.24) is 4.90 Å². The van der Waals surface area contributed by atoms with Crippen molar-refractivity contribution in [1.29, 1.82) is 0 Å². The normalized spacial score (nSPS) is 16.0. The molecule has 122 valence electrons. The van der Waals surface area contributed by atoms with Gasteiger partial charge in [-0.2, -0.15) is 0 Å². The van der Waals surface area contributed by atoms with E-state index in [2.05, 4.69) is 28.2 Å². The zero-order valence-corrected chi connectivity index (χ0v) is 14.1. The van der Waals surface area contributed by atoms with Gasteiger partial charge in [0, 0.05) is 38.3 Å². The van der Waals surface area contributed by atoms with Gasteiger partial charge in [-0.25, -0.2) is 0 Å². The van der Waals surface area contributed by atoms with Crippen LogP contribution in [0.2, 0.25) is 0 Å². The number of ether oxygens (including phenoxy) is 1. The van der Waals surface area contributed by atoms with Crippen LogP contribution in [0.1, 0.15) is 20.3 Å². The molecule has 1 aromatic carbocycles. The standard InChI is InChI=1S/C17H27N3O2/c1-13(2)11-17(21)18-15-12-14(5-6-16(15)22-4)20-9-7-19(3)8-10-20/h5-6,12-13H,7-11H2,1-4H3,(H,18,21). The molecule has 0 aromatic heterocycles. The summed E-state index contributed by atoms with van der Waals surface area (Å²) in [6.07, 6.45) is 0.516. The van der Waals surface area contributed by atoms with Crippen LogP contribution in [0.25, 0.3) is 0 Å². The Labute approximate surface area is 133 Å². The summed E-state index contributed by atoms with van der Waals surface area (Å²) in [7, 11) is 3.77.